The van der Waals surface area contributed by atoms with Gasteiger partial charge in [0.25, 0.3) is 11.7 Å². The van der Waals surface area contributed by atoms with E-state index in [0.717, 1.165) is 0 Å². The average molecular weight is 385 g/mol. The zero-order valence-electron chi connectivity index (χ0n) is 13.6. The third-order valence-corrected chi connectivity index (χ3v) is 6.29. The van der Waals surface area contributed by atoms with E-state index in [-0.39, 0.29) is 10.5 Å². The Morgan fingerprint density at radius 3 is 2.40 bits per heavy atom. The highest BCUT2D eigenvalue weighted by Gasteiger charge is 2.25. The molecule has 0 aliphatic heterocycles. The van der Waals surface area contributed by atoms with Gasteiger partial charge in [0.2, 0.25) is 0 Å². The van der Waals surface area contributed by atoms with Crippen LogP contribution in [-0.2, 0) is 9.84 Å². The molecule has 0 aliphatic carbocycles. The van der Waals surface area contributed by atoms with Crippen molar-refractivity contribution in [3.63, 3.8) is 0 Å². The first-order valence-electron chi connectivity index (χ1n) is 7.41. The molecule has 2 aromatic carbocycles. The van der Waals surface area contributed by atoms with E-state index in [0.29, 0.717) is 22.3 Å². The van der Waals surface area contributed by atoms with Crippen LogP contribution in [0.1, 0.15) is 24.2 Å². The quantitative estimate of drug-likeness (QED) is 0.747. The van der Waals surface area contributed by atoms with Crippen molar-refractivity contribution in [2.24, 2.45) is 0 Å². The summed E-state index contributed by atoms with van der Waals surface area (Å²) in [7, 11) is -3.63. The van der Waals surface area contributed by atoms with Gasteiger partial charge in [-0.05, 0) is 44.2 Å². The number of nitrogens with one attached hydrogen (secondary N) is 1. The fraction of sp³-hybridized carbons (Fsp3) is 0.235. The standard InChI is InChI=1S/C17H17F2NO3S2/c1-11(2)25(22,23)15-9-4-3-8-14(15)16(21)20-12-6-5-7-13(10-12)24-17(18)19/h3-11,17H,1-2H3,(H,20,21). The Hall–Kier alpha value is -1.93. The van der Waals surface area contributed by atoms with Crippen LogP contribution in [0.2, 0.25) is 0 Å². The molecule has 0 aromatic heterocycles. The van der Waals surface area contributed by atoms with Crippen molar-refractivity contribution >= 4 is 33.2 Å². The monoisotopic (exact) mass is 385 g/mol. The highest BCUT2D eigenvalue weighted by atomic mass is 32.2. The highest BCUT2D eigenvalue weighted by molar-refractivity contribution is 7.99. The van der Waals surface area contributed by atoms with Gasteiger partial charge in [0.05, 0.1) is 15.7 Å². The Morgan fingerprint density at radius 1 is 1.08 bits per heavy atom. The number of carbonyl (C=O) groups is 1. The van der Waals surface area contributed by atoms with Crippen LogP contribution < -0.4 is 5.32 Å². The zero-order chi connectivity index (χ0) is 18.6. The van der Waals surface area contributed by atoms with Crippen molar-refractivity contribution in [1.82, 2.24) is 0 Å². The second-order valence-corrected chi connectivity index (χ2v) is 8.99. The Labute approximate surface area is 149 Å². The molecule has 0 heterocycles. The number of rotatable bonds is 6. The van der Waals surface area contributed by atoms with Crippen molar-refractivity contribution in [2.75, 3.05) is 5.32 Å². The van der Waals surface area contributed by atoms with Gasteiger partial charge in [-0.2, -0.15) is 8.78 Å². The predicted octanol–water partition coefficient (Wildman–Crippen LogP) is 4.44. The maximum absolute atomic E-state index is 12.5. The van der Waals surface area contributed by atoms with Gasteiger partial charge in [0.1, 0.15) is 0 Å². The highest BCUT2D eigenvalue weighted by Crippen LogP contribution is 2.28. The molecular weight excluding hydrogens is 368 g/mol. The minimum atomic E-state index is -3.63. The Balaban J connectivity index is 2.31. The third-order valence-electron chi connectivity index (χ3n) is 3.38. The summed E-state index contributed by atoms with van der Waals surface area (Å²) in [6.45, 7) is 3.07. The van der Waals surface area contributed by atoms with Crippen molar-refractivity contribution < 1.29 is 22.0 Å². The van der Waals surface area contributed by atoms with Crippen LogP contribution in [0.25, 0.3) is 0 Å². The molecule has 4 nitrogen and oxygen atoms in total. The van der Waals surface area contributed by atoms with E-state index >= 15 is 0 Å². The van der Waals surface area contributed by atoms with Crippen LogP contribution in [0.3, 0.4) is 0 Å². The molecule has 0 radical (unpaired) electrons. The first-order chi connectivity index (χ1) is 11.7. The molecule has 0 saturated carbocycles. The Bertz CT molecular complexity index is 868. The molecule has 0 bridgehead atoms. The molecule has 0 aliphatic rings. The molecule has 25 heavy (non-hydrogen) atoms. The minimum Gasteiger partial charge on any atom is -0.322 e. The second-order valence-electron chi connectivity index (χ2n) is 5.45. The van der Waals surface area contributed by atoms with E-state index in [1.165, 1.54) is 44.2 Å². The van der Waals surface area contributed by atoms with Gasteiger partial charge < -0.3 is 5.32 Å². The smallest absolute Gasteiger partial charge is 0.288 e. The second kappa shape index (κ2) is 7.97. The maximum atomic E-state index is 12.5. The summed E-state index contributed by atoms with van der Waals surface area (Å²) in [6.07, 6.45) is 0. The number of sulfone groups is 1. The van der Waals surface area contributed by atoms with E-state index in [2.05, 4.69) is 5.32 Å². The SMILES string of the molecule is CC(C)S(=O)(=O)c1ccccc1C(=O)Nc1cccc(SC(F)F)c1. The topological polar surface area (TPSA) is 63.2 Å². The summed E-state index contributed by atoms with van der Waals surface area (Å²) in [5.41, 5.74) is 0.329. The number of amides is 1. The maximum Gasteiger partial charge on any atom is 0.288 e. The van der Waals surface area contributed by atoms with Gasteiger partial charge in [-0.25, -0.2) is 8.42 Å². The van der Waals surface area contributed by atoms with Gasteiger partial charge in [0.15, 0.2) is 9.84 Å². The summed E-state index contributed by atoms with van der Waals surface area (Å²) in [5, 5.41) is 1.89. The molecule has 0 saturated heterocycles. The molecular formula is C17H17F2NO3S2. The lowest BCUT2D eigenvalue weighted by Crippen LogP contribution is -2.20. The zero-order valence-corrected chi connectivity index (χ0v) is 15.2. The molecule has 0 atom stereocenters. The largest absolute Gasteiger partial charge is 0.322 e. The number of anilines is 1. The van der Waals surface area contributed by atoms with Crippen molar-refractivity contribution in [2.45, 2.75) is 34.6 Å². The number of thioether (sulfide) groups is 1. The van der Waals surface area contributed by atoms with Crippen molar-refractivity contribution in [3.8, 4) is 0 Å². The summed E-state index contributed by atoms with van der Waals surface area (Å²) in [5.74, 6) is -3.18. The number of alkyl halides is 2. The number of hydrogen-bond acceptors (Lipinski definition) is 4. The van der Waals surface area contributed by atoms with Crippen LogP contribution in [-0.4, -0.2) is 25.3 Å². The summed E-state index contributed by atoms with van der Waals surface area (Å²) in [4.78, 5) is 12.8. The fourth-order valence-corrected chi connectivity index (χ4v) is 3.91. The van der Waals surface area contributed by atoms with E-state index in [1.54, 1.807) is 18.2 Å². The molecule has 2 aromatic rings. The summed E-state index contributed by atoms with van der Waals surface area (Å²) >= 11 is 0.366. The van der Waals surface area contributed by atoms with E-state index in [1.807, 2.05) is 0 Å². The Morgan fingerprint density at radius 2 is 1.76 bits per heavy atom. The molecule has 2 rings (SSSR count). The lowest BCUT2D eigenvalue weighted by Gasteiger charge is -2.13. The van der Waals surface area contributed by atoms with Crippen LogP contribution in [0.15, 0.2) is 58.3 Å². The van der Waals surface area contributed by atoms with Gasteiger partial charge in [0, 0.05) is 10.6 Å². The first kappa shape index (κ1) is 19.4. The van der Waals surface area contributed by atoms with Gasteiger partial charge in [-0.3, -0.25) is 4.79 Å². The van der Waals surface area contributed by atoms with E-state index in [4.69, 9.17) is 0 Å². The van der Waals surface area contributed by atoms with Crippen LogP contribution >= 0.6 is 11.8 Å². The molecule has 1 N–H and O–H groups in total. The number of hydrogen-bond donors (Lipinski definition) is 1. The number of carbonyl (C=O) groups excluding carboxylic acids is 1. The first-order valence-corrected chi connectivity index (χ1v) is 9.83. The van der Waals surface area contributed by atoms with Crippen molar-refractivity contribution in [1.29, 1.82) is 0 Å². The number of benzene rings is 2. The average Bonchev–Trinajstić information content (AvgIpc) is 2.54. The van der Waals surface area contributed by atoms with Gasteiger partial charge in [-0.1, -0.05) is 30.0 Å². The van der Waals surface area contributed by atoms with E-state index in [9.17, 15) is 22.0 Å². The molecule has 1 amide bonds. The van der Waals surface area contributed by atoms with Crippen LogP contribution in [0, 0.1) is 0 Å². The number of halogens is 2. The molecule has 0 spiro atoms. The minimum absolute atomic E-state index is 0.0168. The molecule has 8 heteroatoms. The third kappa shape index (κ3) is 4.79. The van der Waals surface area contributed by atoms with Gasteiger partial charge in [-0.15, -0.1) is 0 Å². The van der Waals surface area contributed by atoms with Crippen molar-refractivity contribution in [3.05, 3.63) is 54.1 Å². The van der Waals surface area contributed by atoms with E-state index < -0.39 is 26.8 Å². The Kier molecular flexibility index (Phi) is 6.18. The lowest BCUT2D eigenvalue weighted by atomic mass is 10.2. The fourth-order valence-electron chi connectivity index (χ4n) is 2.10. The normalized spacial score (nSPS) is 11.8. The van der Waals surface area contributed by atoms with Gasteiger partial charge >= 0.3 is 0 Å². The summed E-state index contributed by atoms with van der Waals surface area (Å²) in [6, 6.07) is 11.9. The van der Waals surface area contributed by atoms with Crippen LogP contribution in [0.4, 0.5) is 14.5 Å². The molecule has 0 fully saturated rings. The lowest BCUT2D eigenvalue weighted by molar-refractivity contribution is 0.102. The predicted molar refractivity (Wildman–Crippen MR) is 95.0 cm³/mol. The van der Waals surface area contributed by atoms with Crippen LogP contribution in [0.5, 0.6) is 0 Å². The summed E-state index contributed by atoms with van der Waals surface area (Å²) < 4.78 is 49.7. The molecule has 134 valence electrons. The molecule has 0 unspecified atom stereocenters.